The van der Waals surface area contributed by atoms with E-state index in [1.54, 1.807) is 12.1 Å². The quantitative estimate of drug-likeness (QED) is 0.364. The molecule has 5 atom stereocenters. The third-order valence-corrected chi connectivity index (χ3v) is 6.90. The van der Waals surface area contributed by atoms with Crippen molar-refractivity contribution in [2.75, 3.05) is 23.8 Å². The first-order chi connectivity index (χ1) is 14.0. The maximum absolute atomic E-state index is 11.9. The van der Waals surface area contributed by atoms with E-state index < -0.39 is 18.6 Å². The molecule has 1 aromatic carbocycles. The second-order valence-electron chi connectivity index (χ2n) is 7.34. The molecule has 1 aliphatic heterocycles. The van der Waals surface area contributed by atoms with E-state index in [2.05, 4.69) is 31.7 Å². The lowest BCUT2D eigenvalue weighted by Gasteiger charge is -2.35. The topological polar surface area (TPSA) is 137 Å². The highest BCUT2D eigenvalue weighted by Crippen LogP contribution is 2.34. The Bertz CT molecular complexity index is 866. The number of fused-ring (bicyclic) bond motifs is 1. The number of alkyl halides is 1. The number of rotatable bonds is 6. The zero-order valence-corrected chi connectivity index (χ0v) is 17.2. The van der Waals surface area contributed by atoms with Gasteiger partial charge in [0.2, 0.25) is 11.0 Å². The number of hydrogen-bond donors (Lipinski definition) is 6. The van der Waals surface area contributed by atoms with Gasteiger partial charge >= 0.3 is 0 Å². The third kappa shape index (κ3) is 4.52. The number of hydrogen-bond acceptors (Lipinski definition) is 9. The fraction of sp³-hybridized carbons (Fsp3) is 0.500. The van der Waals surface area contributed by atoms with E-state index in [9.17, 15) is 4.79 Å². The minimum absolute atomic E-state index is 0.0119. The van der Waals surface area contributed by atoms with E-state index in [1.807, 2.05) is 12.1 Å². The summed E-state index contributed by atoms with van der Waals surface area (Å²) in [5.74, 6) is -0.0511. The van der Waals surface area contributed by atoms with Crippen molar-refractivity contribution in [3.05, 3.63) is 24.3 Å². The van der Waals surface area contributed by atoms with Crippen LogP contribution in [0.5, 0.6) is 0 Å². The molecule has 1 saturated heterocycles. The monoisotopic (exact) mass is 437 g/mol. The average molecular weight is 438 g/mol. The summed E-state index contributed by atoms with van der Waals surface area (Å²) >= 11 is 8.15. The standard InChI is InChI=1S/C18H24ClN7O2S/c19-15-11-7-21-24-13(11)4-5-14(15)23-18-26-25-17(29-18)9-2-1-3-10(6-9)22-16(28)12(20)8-27/h1-3,6,11-15,21,24,27H,4-5,7-8,20H2,(H,22,28)(H,23,26)/t11?,12-,13?,14?,15?/m0/s1. The number of hydrazine groups is 1. The van der Waals surface area contributed by atoms with Gasteiger partial charge in [0, 0.05) is 35.8 Å². The summed E-state index contributed by atoms with van der Waals surface area (Å²) < 4.78 is 0. The molecule has 0 spiro atoms. The van der Waals surface area contributed by atoms with Crippen LogP contribution in [-0.2, 0) is 4.79 Å². The molecule has 156 valence electrons. The van der Waals surface area contributed by atoms with Gasteiger partial charge in [0.05, 0.1) is 12.0 Å². The fourth-order valence-electron chi connectivity index (χ4n) is 3.75. The van der Waals surface area contributed by atoms with E-state index >= 15 is 0 Å². The molecule has 1 aliphatic carbocycles. The summed E-state index contributed by atoms with van der Waals surface area (Å²) in [6, 6.07) is 6.89. The Morgan fingerprint density at radius 3 is 3.10 bits per heavy atom. The Kier molecular flexibility index (Phi) is 6.28. The molecule has 2 heterocycles. The van der Waals surface area contributed by atoms with E-state index in [0.717, 1.165) is 35.1 Å². The van der Waals surface area contributed by atoms with Gasteiger partial charge in [0.1, 0.15) is 11.0 Å². The Morgan fingerprint density at radius 2 is 2.28 bits per heavy atom. The van der Waals surface area contributed by atoms with Gasteiger partial charge in [-0.15, -0.1) is 21.8 Å². The van der Waals surface area contributed by atoms with Crippen LogP contribution in [0.4, 0.5) is 10.8 Å². The zero-order chi connectivity index (χ0) is 20.4. The first-order valence-electron chi connectivity index (χ1n) is 9.55. The summed E-state index contributed by atoms with van der Waals surface area (Å²) in [5, 5.41) is 25.1. The molecule has 11 heteroatoms. The molecule has 2 fully saturated rings. The van der Waals surface area contributed by atoms with Crippen molar-refractivity contribution >= 4 is 39.7 Å². The Morgan fingerprint density at radius 1 is 1.41 bits per heavy atom. The van der Waals surface area contributed by atoms with Gasteiger partial charge in [-0.25, -0.2) is 0 Å². The van der Waals surface area contributed by atoms with Crippen molar-refractivity contribution in [1.29, 1.82) is 0 Å². The summed E-state index contributed by atoms with van der Waals surface area (Å²) in [6.45, 7) is 0.463. The summed E-state index contributed by atoms with van der Waals surface area (Å²) in [5.41, 5.74) is 13.4. The lowest BCUT2D eigenvalue weighted by Crippen LogP contribution is -2.47. The molecule has 4 rings (SSSR count). The molecule has 2 aromatic rings. The number of carbonyl (C=O) groups excluding carboxylic acids is 1. The minimum Gasteiger partial charge on any atom is -0.394 e. The molecule has 29 heavy (non-hydrogen) atoms. The van der Waals surface area contributed by atoms with Crippen LogP contribution in [0.2, 0.25) is 0 Å². The number of nitrogens with one attached hydrogen (secondary N) is 4. The first kappa shape index (κ1) is 20.5. The van der Waals surface area contributed by atoms with Crippen molar-refractivity contribution in [3.63, 3.8) is 0 Å². The highest BCUT2D eigenvalue weighted by Gasteiger charge is 2.41. The zero-order valence-electron chi connectivity index (χ0n) is 15.6. The van der Waals surface area contributed by atoms with Gasteiger partial charge in [-0.3, -0.25) is 15.6 Å². The molecular weight excluding hydrogens is 414 g/mol. The number of aliphatic hydroxyl groups excluding tert-OH is 1. The number of carbonyl (C=O) groups is 1. The Hall–Kier alpha value is -1.82. The Labute approximate surface area is 177 Å². The number of amides is 1. The molecule has 1 amide bonds. The molecule has 9 nitrogen and oxygen atoms in total. The number of aliphatic hydroxyl groups is 1. The summed E-state index contributed by atoms with van der Waals surface area (Å²) in [6.07, 6.45) is 2.02. The second-order valence-corrected chi connectivity index (χ2v) is 8.82. The Balaban J connectivity index is 1.42. The molecule has 7 N–H and O–H groups in total. The predicted molar refractivity (Wildman–Crippen MR) is 114 cm³/mol. The van der Waals surface area contributed by atoms with Crippen LogP contribution in [0, 0.1) is 5.92 Å². The number of anilines is 2. The van der Waals surface area contributed by atoms with Crippen molar-refractivity contribution in [1.82, 2.24) is 21.0 Å². The average Bonchev–Trinajstić information content (AvgIpc) is 3.39. The fourth-order valence-corrected chi connectivity index (χ4v) is 5.01. The molecule has 2 aliphatic rings. The lowest BCUT2D eigenvalue weighted by molar-refractivity contribution is -0.118. The number of halogens is 1. The van der Waals surface area contributed by atoms with Crippen LogP contribution >= 0.6 is 22.9 Å². The van der Waals surface area contributed by atoms with Gasteiger partial charge in [0.25, 0.3) is 0 Å². The van der Waals surface area contributed by atoms with E-state index in [4.69, 9.17) is 22.4 Å². The van der Waals surface area contributed by atoms with Gasteiger partial charge in [-0.2, -0.15) is 0 Å². The highest BCUT2D eigenvalue weighted by atomic mass is 35.5. The SMILES string of the molecule is N[C@@H](CO)C(=O)Nc1cccc(-c2nnc(NC3CCC4NNCC4C3Cl)s2)c1. The molecule has 1 saturated carbocycles. The number of nitrogens with zero attached hydrogens (tertiary/aromatic N) is 2. The third-order valence-electron chi connectivity index (χ3n) is 5.37. The molecule has 0 radical (unpaired) electrons. The van der Waals surface area contributed by atoms with Crippen molar-refractivity contribution < 1.29 is 9.90 Å². The largest absolute Gasteiger partial charge is 0.394 e. The second kappa shape index (κ2) is 8.90. The van der Waals surface area contributed by atoms with Gasteiger partial charge in [0.15, 0.2) is 0 Å². The molecular formula is C18H24ClN7O2S. The van der Waals surface area contributed by atoms with Gasteiger partial charge in [-0.1, -0.05) is 23.5 Å². The van der Waals surface area contributed by atoms with Crippen LogP contribution in [0.15, 0.2) is 24.3 Å². The minimum atomic E-state index is -0.958. The summed E-state index contributed by atoms with van der Waals surface area (Å²) in [7, 11) is 0. The number of benzene rings is 1. The molecule has 1 aromatic heterocycles. The van der Waals surface area contributed by atoms with Crippen LogP contribution in [0.1, 0.15) is 12.8 Å². The van der Waals surface area contributed by atoms with Crippen molar-refractivity contribution in [2.45, 2.75) is 36.3 Å². The van der Waals surface area contributed by atoms with Crippen molar-refractivity contribution in [3.8, 4) is 10.6 Å². The smallest absolute Gasteiger partial charge is 0.243 e. The van der Waals surface area contributed by atoms with Gasteiger partial charge in [-0.05, 0) is 25.0 Å². The first-order valence-corrected chi connectivity index (χ1v) is 10.8. The van der Waals surface area contributed by atoms with Gasteiger partial charge < -0.3 is 21.5 Å². The number of aromatic nitrogens is 2. The van der Waals surface area contributed by atoms with Crippen molar-refractivity contribution in [2.24, 2.45) is 11.7 Å². The molecule has 4 unspecified atom stereocenters. The van der Waals surface area contributed by atoms with Crippen LogP contribution in [-0.4, -0.2) is 57.9 Å². The maximum Gasteiger partial charge on any atom is 0.243 e. The van der Waals surface area contributed by atoms with Crippen LogP contribution in [0.3, 0.4) is 0 Å². The predicted octanol–water partition coefficient (Wildman–Crippen LogP) is 0.737. The van der Waals surface area contributed by atoms with Crippen LogP contribution in [0.25, 0.3) is 10.6 Å². The van der Waals surface area contributed by atoms with E-state index in [1.165, 1.54) is 11.3 Å². The lowest BCUT2D eigenvalue weighted by atomic mass is 9.82. The summed E-state index contributed by atoms with van der Waals surface area (Å²) in [4.78, 5) is 11.9. The normalized spacial score (nSPS) is 27.3. The van der Waals surface area contributed by atoms with Crippen LogP contribution < -0.4 is 27.2 Å². The number of nitrogens with two attached hydrogens (primary N) is 1. The van der Waals surface area contributed by atoms with E-state index in [-0.39, 0.29) is 11.4 Å². The maximum atomic E-state index is 11.9. The van der Waals surface area contributed by atoms with E-state index in [0.29, 0.717) is 17.6 Å². The highest BCUT2D eigenvalue weighted by molar-refractivity contribution is 7.18. The molecule has 0 bridgehead atoms.